The Kier molecular flexibility index (Phi) is 5.30. The third kappa shape index (κ3) is 3.95. The topological polar surface area (TPSA) is 61.4 Å². The van der Waals surface area contributed by atoms with Crippen molar-refractivity contribution < 1.29 is 14.0 Å². The minimum absolute atomic E-state index is 0.0403. The summed E-state index contributed by atoms with van der Waals surface area (Å²) in [6.45, 7) is 4.22. The van der Waals surface area contributed by atoms with Crippen LogP contribution in [0.15, 0.2) is 59.8 Å². The van der Waals surface area contributed by atoms with Crippen LogP contribution in [0.5, 0.6) is 0 Å². The molecule has 5 aliphatic carbocycles. The van der Waals surface area contributed by atoms with Crippen molar-refractivity contribution in [2.45, 2.75) is 76.8 Å². The molecule has 198 valence electrons. The second-order valence-corrected chi connectivity index (χ2v) is 13.4. The minimum atomic E-state index is -0.640. The van der Waals surface area contributed by atoms with Gasteiger partial charge >= 0.3 is 6.03 Å². The van der Waals surface area contributed by atoms with Gasteiger partial charge in [0.2, 0.25) is 0 Å². The number of nitrogens with one attached hydrogen (secondary N) is 2. The molecule has 1 unspecified atom stereocenters. The Morgan fingerprint density at radius 2 is 1.58 bits per heavy atom. The number of hydrogen-bond acceptors (Lipinski definition) is 3. The number of carbonyl (C=O) groups is 2. The number of halogens is 1. The molecule has 2 N–H and O–H groups in total. The number of urea groups is 1. The number of carbonyl (C=O) groups excluding carboxylic acids is 2. The molecule has 4 saturated carbocycles. The minimum Gasteiger partial charge on any atom is -0.357 e. The maximum Gasteiger partial charge on any atom is 0.323 e. The molecule has 1 heterocycles. The molecule has 6 aliphatic rings. The summed E-state index contributed by atoms with van der Waals surface area (Å²) < 4.78 is 14.0. The predicted molar refractivity (Wildman–Crippen MR) is 146 cm³/mol. The number of nitrogens with zero attached hydrogens (tertiary/aromatic N) is 1. The predicted octanol–water partition coefficient (Wildman–Crippen LogP) is 7.12. The van der Waals surface area contributed by atoms with E-state index in [1.165, 1.54) is 31.4 Å². The SMILES string of the molecule is CC1(C)CC(=O)C2=C(C1)Nc1ccccc1N(C(=O)NC13CC4CC(CC(C4)C1)C3)C2c1ccc(F)cc1. The summed E-state index contributed by atoms with van der Waals surface area (Å²) >= 11 is 0. The van der Waals surface area contributed by atoms with Crippen molar-refractivity contribution in [1.82, 2.24) is 5.32 Å². The average Bonchev–Trinajstić information content (AvgIpc) is 2.97. The lowest BCUT2D eigenvalue weighted by atomic mass is 9.53. The molecule has 0 radical (unpaired) electrons. The summed E-state index contributed by atoms with van der Waals surface area (Å²) in [4.78, 5) is 30.2. The maximum atomic E-state index is 14.5. The number of amides is 2. The van der Waals surface area contributed by atoms with Crippen LogP contribution in [0.2, 0.25) is 0 Å². The average molecular weight is 514 g/mol. The highest BCUT2D eigenvalue weighted by Gasteiger charge is 2.53. The van der Waals surface area contributed by atoms with Crippen molar-refractivity contribution in [3.63, 3.8) is 0 Å². The van der Waals surface area contributed by atoms with E-state index in [0.29, 0.717) is 36.2 Å². The molecule has 2 amide bonds. The number of benzene rings is 2. The van der Waals surface area contributed by atoms with E-state index in [0.717, 1.165) is 41.9 Å². The molecule has 2 aromatic carbocycles. The Morgan fingerprint density at radius 3 is 2.24 bits per heavy atom. The molecular weight excluding hydrogens is 477 g/mol. The van der Waals surface area contributed by atoms with E-state index >= 15 is 0 Å². The standard InChI is InChI=1S/C32H36FN3O2/c1-31(2)17-25-28(27(37)18-31)29(22-7-9-23(33)10-8-22)36(26-6-4-3-5-24(26)34-25)30(38)35-32-14-19-11-20(15-32)13-21(12-19)16-32/h3-10,19-21,29,34H,11-18H2,1-2H3,(H,35,38). The van der Waals surface area contributed by atoms with Crippen molar-refractivity contribution in [3.8, 4) is 0 Å². The van der Waals surface area contributed by atoms with Gasteiger partial charge < -0.3 is 10.6 Å². The zero-order valence-electron chi connectivity index (χ0n) is 22.2. The first-order valence-corrected chi connectivity index (χ1v) is 14.2. The van der Waals surface area contributed by atoms with Crippen LogP contribution in [-0.2, 0) is 4.79 Å². The molecule has 2 aromatic rings. The smallest absolute Gasteiger partial charge is 0.323 e. The number of rotatable bonds is 2. The highest BCUT2D eigenvalue weighted by molar-refractivity contribution is 6.06. The zero-order chi connectivity index (χ0) is 26.2. The largest absolute Gasteiger partial charge is 0.357 e. The fourth-order valence-corrected chi connectivity index (χ4v) is 8.72. The van der Waals surface area contributed by atoms with Crippen LogP contribution in [0.3, 0.4) is 0 Å². The van der Waals surface area contributed by atoms with Crippen LogP contribution < -0.4 is 15.5 Å². The number of Topliss-reactive ketones (excluding diaryl/α,β-unsaturated/α-hetero) is 1. The number of anilines is 2. The van der Waals surface area contributed by atoms with Gasteiger partial charge in [-0.15, -0.1) is 0 Å². The van der Waals surface area contributed by atoms with Crippen molar-refractivity contribution in [2.24, 2.45) is 23.2 Å². The number of hydrogen-bond donors (Lipinski definition) is 2. The Morgan fingerprint density at radius 1 is 0.947 bits per heavy atom. The molecule has 4 bridgehead atoms. The Labute approximate surface area is 223 Å². The van der Waals surface area contributed by atoms with Gasteiger partial charge in [0.1, 0.15) is 5.82 Å². The van der Waals surface area contributed by atoms with Crippen LogP contribution in [0.4, 0.5) is 20.6 Å². The molecule has 0 saturated heterocycles. The van der Waals surface area contributed by atoms with Crippen LogP contribution in [0.25, 0.3) is 0 Å². The van der Waals surface area contributed by atoms with Crippen LogP contribution >= 0.6 is 0 Å². The first-order chi connectivity index (χ1) is 18.2. The number of ketones is 1. The van der Waals surface area contributed by atoms with Crippen LogP contribution in [0, 0.1) is 29.0 Å². The van der Waals surface area contributed by atoms with Gasteiger partial charge in [0, 0.05) is 23.2 Å². The first kappa shape index (κ1) is 23.9. The molecule has 38 heavy (non-hydrogen) atoms. The maximum absolute atomic E-state index is 14.5. The highest BCUT2D eigenvalue weighted by atomic mass is 19.1. The summed E-state index contributed by atoms with van der Waals surface area (Å²) in [6.07, 6.45) is 8.12. The summed E-state index contributed by atoms with van der Waals surface area (Å²) in [6, 6.07) is 13.3. The summed E-state index contributed by atoms with van der Waals surface area (Å²) in [5, 5.41) is 7.12. The normalized spacial score (nSPS) is 32.8. The van der Waals surface area contributed by atoms with Gasteiger partial charge in [-0.1, -0.05) is 38.1 Å². The van der Waals surface area contributed by atoms with E-state index in [9.17, 15) is 14.0 Å². The van der Waals surface area contributed by atoms with Gasteiger partial charge in [-0.05, 0) is 97.9 Å². The molecule has 8 rings (SSSR count). The second-order valence-electron chi connectivity index (χ2n) is 13.4. The molecule has 6 heteroatoms. The number of para-hydroxylation sites is 2. The van der Waals surface area contributed by atoms with E-state index in [4.69, 9.17) is 0 Å². The molecular formula is C32H36FN3O2. The third-order valence-corrected chi connectivity index (χ3v) is 9.72. The van der Waals surface area contributed by atoms with Gasteiger partial charge in [-0.25, -0.2) is 9.18 Å². The summed E-state index contributed by atoms with van der Waals surface area (Å²) in [5.41, 5.74) is 3.41. The fraction of sp³-hybridized carbons (Fsp3) is 0.500. The first-order valence-electron chi connectivity index (χ1n) is 14.2. The lowest BCUT2D eigenvalue weighted by Gasteiger charge is -2.57. The second kappa shape index (κ2) is 8.42. The van der Waals surface area contributed by atoms with Crippen molar-refractivity contribution in [3.05, 3.63) is 71.2 Å². The van der Waals surface area contributed by atoms with Crippen molar-refractivity contribution >= 4 is 23.2 Å². The third-order valence-electron chi connectivity index (χ3n) is 9.72. The van der Waals surface area contributed by atoms with Gasteiger partial charge in [0.05, 0.1) is 17.4 Å². The van der Waals surface area contributed by atoms with Gasteiger partial charge in [0.15, 0.2) is 5.78 Å². The number of fused-ring (bicyclic) bond motifs is 1. The molecule has 0 spiro atoms. The van der Waals surface area contributed by atoms with E-state index in [1.807, 2.05) is 24.3 Å². The lowest BCUT2D eigenvalue weighted by molar-refractivity contribution is -0.118. The van der Waals surface area contributed by atoms with E-state index in [1.54, 1.807) is 17.0 Å². The Bertz CT molecular complexity index is 1310. The monoisotopic (exact) mass is 513 g/mol. The molecule has 0 aromatic heterocycles. The number of allylic oxidation sites excluding steroid dienone is 1. The molecule has 5 nitrogen and oxygen atoms in total. The van der Waals surface area contributed by atoms with Crippen LogP contribution in [0.1, 0.15) is 76.8 Å². The summed E-state index contributed by atoms with van der Waals surface area (Å²) in [7, 11) is 0. The van der Waals surface area contributed by atoms with E-state index < -0.39 is 6.04 Å². The highest BCUT2D eigenvalue weighted by Crippen LogP contribution is 2.56. The van der Waals surface area contributed by atoms with Gasteiger partial charge in [0.25, 0.3) is 0 Å². The molecule has 1 aliphatic heterocycles. The summed E-state index contributed by atoms with van der Waals surface area (Å²) in [5.74, 6) is 1.80. The molecule has 4 fully saturated rings. The van der Waals surface area contributed by atoms with Crippen molar-refractivity contribution in [2.75, 3.05) is 10.2 Å². The van der Waals surface area contributed by atoms with Gasteiger partial charge in [-0.3, -0.25) is 9.69 Å². The zero-order valence-corrected chi connectivity index (χ0v) is 22.2. The fourth-order valence-electron chi connectivity index (χ4n) is 8.72. The Hall–Kier alpha value is -3.15. The van der Waals surface area contributed by atoms with Crippen LogP contribution in [-0.4, -0.2) is 17.4 Å². The quantitative estimate of drug-likeness (QED) is 0.449. The van der Waals surface area contributed by atoms with Gasteiger partial charge in [-0.2, -0.15) is 0 Å². The van der Waals surface area contributed by atoms with E-state index in [-0.39, 0.29) is 28.6 Å². The lowest BCUT2D eigenvalue weighted by Crippen LogP contribution is -2.62. The van der Waals surface area contributed by atoms with E-state index in [2.05, 4.69) is 24.5 Å². The van der Waals surface area contributed by atoms with Crippen molar-refractivity contribution in [1.29, 1.82) is 0 Å². The molecule has 1 atom stereocenters. The Balaban J connectivity index is 1.36.